The van der Waals surface area contributed by atoms with Gasteiger partial charge in [0.15, 0.2) is 0 Å². The van der Waals surface area contributed by atoms with Crippen molar-refractivity contribution in [2.24, 2.45) is 5.84 Å². The van der Waals surface area contributed by atoms with Crippen molar-refractivity contribution in [2.75, 3.05) is 5.75 Å². The largest absolute Gasteiger partial charge is 0.271 e. The fourth-order valence-electron chi connectivity index (χ4n) is 1.14. The van der Waals surface area contributed by atoms with Gasteiger partial charge in [0.05, 0.1) is 6.04 Å². The first-order valence-corrected chi connectivity index (χ1v) is 6.64. The van der Waals surface area contributed by atoms with E-state index >= 15 is 0 Å². The van der Waals surface area contributed by atoms with Crippen molar-refractivity contribution in [3.05, 3.63) is 21.9 Å². The van der Waals surface area contributed by atoms with E-state index in [0.717, 1.165) is 5.75 Å². The third-order valence-corrected chi connectivity index (χ3v) is 4.21. The SMILES string of the molecule is Cc1ccc(C(CSC(C)C)NN)s1. The zero-order valence-corrected chi connectivity index (χ0v) is 10.5. The predicted octanol–water partition coefficient (Wildman–Crippen LogP) is 2.70. The molecule has 1 unspecified atom stereocenters. The molecule has 0 aliphatic rings. The number of hydrogen-bond donors (Lipinski definition) is 2. The number of aryl methyl sites for hydroxylation is 1. The molecule has 0 aliphatic carbocycles. The third-order valence-electron chi connectivity index (χ3n) is 1.90. The minimum Gasteiger partial charge on any atom is -0.271 e. The van der Waals surface area contributed by atoms with E-state index in [-0.39, 0.29) is 0 Å². The van der Waals surface area contributed by atoms with Gasteiger partial charge < -0.3 is 0 Å². The molecule has 1 rings (SSSR count). The summed E-state index contributed by atoms with van der Waals surface area (Å²) in [5.41, 5.74) is 2.88. The van der Waals surface area contributed by atoms with Gasteiger partial charge >= 0.3 is 0 Å². The fraction of sp³-hybridized carbons (Fsp3) is 0.600. The quantitative estimate of drug-likeness (QED) is 0.603. The fourth-order valence-corrected chi connectivity index (χ4v) is 3.04. The van der Waals surface area contributed by atoms with Crippen LogP contribution in [0.15, 0.2) is 12.1 Å². The summed E-state index contributed by atoms with van der Waals surface area (Å²) in [6.45, 7) is 6.53. The standard InChI is InChI=1S/C10H18N2S2/c1-7(2)13-6-9(12-11)10-5-4-8(3)14-10/h4-5,7,9,12H,6,11H2,1-3H3. The van der Waals surface area contributed by atoms with E-state index in [1.807, 2.05) is 23.1 Å². The van der Waals surface area contributed by atoms with Gasteiger partial charge in [-0.1, -0.05) is 13.8 Å². The molecule has 0 saturated heterocycles. The summed E-state index contributed by atoms with van der Waals surface area (Å²) in [4.78, 5) is 2.67. The molecule has 80 valence electrons. The number of hydrogen-bond acceptors (Lipinski definition) is 4. The lowest BCUT2D eigenvalue weighted by Gasteiger charge is -2.14. The molecule has 0 aromatic carbocycles. The minimum absolute atomic E-state index is 0.293. The molecule has 4 heteroatoms. The van der Waals surface area contributed by atoms with Crippen LogP contribution in [0.3, 0.4) is 0 Å². The van der Waals surface area contributed by atoms with Crippen molar-refractivity contribution in [3.8, 4) is 0 Å². The van der Waals surface area contributed by atoms with Crippen molar-refractivity contribution in [3.63, 3.8) is 0 Å². The van der Waals surface area contributed by atoms with E-state index in [0.29, 0.717) is 11.3 Å². The van der Waals surface area contributed by atoms with Crippen LogP contribution in [-0.2, 0) is 0 Å². The summed E-state index contributed by atoms with van der Waals surface area (Å²) in [5, 5.41) is 0.659. The van der Waals surface area contributed by atoms with Crippen molar-refractivity contribution < 1.29 is 0 Å². The molecule has 0 saturated carbocycles. The molecule has 1 aromatic rings. The smallest absolute Gasteiger partial charge is 0.0643 e. The lowest BCUT2D eigenvalue weighted by Crippen LogP contribution is -2.29. The average molecular weight is 230 g/mol. The molecule has 1 atom stereocenters. The monoisotopic (exact) mass is 230 g/mol. The molecule has 2 nitrogen and oxygen atoms in total. The molecule has 1 heterocycles. The molecule has 0 radical (unpaired) electrons. The van der Waals surface area contributed by atoms with Crippen LogP contribution in [0, 0.1) is 6.92 Å². The van der Waals surface area contributed by atoms with Crippen LogP contribution in [0.4, 0.5) is 0 Å². The Kier molecular flexibility index (Phi) is 4.95. The van der Waals surface area contributed by atoms with Gasteiger partial charge in [-0.3, -0.25) is 11.3 Å². The van der Waals surface area contributed by atoms with Crippen molar-refractivity contribution in [2.45, 2.75) is 32.1 Å². The number of nitrogens with one attached hydrogen (secondary N) is 1. The first-order chi connectivity index (χ1) is 6.63. The van der Waals surface area contributed by atoms with E-state index in [1.165, 1.54) is 9.75 Å². The van der Waals surface area contributed by atoms with E-state index < -0.39 is 0 Å². The summed E-state index contributed by atoms with van der Waals surface area (Å²) in [6.07, 6.45) is 0. The molecule has 0 bridgehead atoms. The van der Waals surface area contributed by atoms with Gasteiger partial charge in [-0.15, -0.1) is 11.3 Å². The van der Waals surface area contributed by atoms with Crippen molar-refractivity contribution >= 4 is 23.1 Å². The van der Waals surface area contributed by atoms with Crippen LogP contribution in [0.25, 0.3) is 0 Å². The highest BCUT2D eigenvalue weighted by Crippen LogP contribution is 2.26. The predicted molar refractivity (Wildman–Crippen MR) is 66.7 cm³/mol. The highest BCUT2D eigenvalue weighted by atomic mass is 32.2. The first kappa shape index (κ1) is 12.0. The maximum Gasteiger partial charge on any atom is 0.0643 e. The van der Waals surface area contributed by atoms with E-state index in [9.17, 15) is 0 Å². The molecule has 0 aliphatic heterocycles. The van der Waals surface area contributed by atoms with Crippen LogP contribution in [0.5, 0.6) is 0 Å². The highest BCUT2D eigenvalue weighted by Gasteiger charge is 2.12. The van der Waals surface area contributed by atoms with E-state index in [1.54, 1.807) is 0 Å². The van der Waals surface area contributed by atoms with Crippen LogP contribution in [-0.4, -0.2) is 11.0 Å². The lowest BCUT2D eigenvalue weighted by molar-refractivity contribution is 0.619. The zero-order chi connectivity index (χ0) is 10.6. The summed E-state index contributed by atoms with van der Waals surface area (Å²) in [6, 6.07) is 4.59. The summed E-state index contributed by atoms with van der Waals surface area (Å²) in [5.74, 6) is 6.58. The zero-order valence-electron chi connectivity index (χ0n) is 8.91. The number of thioether (sulfide) groups is 1. The maximum atomic E-state index is 5.54. The molecule has 14 heavy (non-hydrogen) atoms. The molecular formula is C10H18N2S2. The lowest BCUT2D eigenvalue weighted by atomic mass is 10.3. The Morgan fingerprint density at radius 1 is 1.50 bits per heavy atom. The van der Waals surface area contributed by atoms with Crippen molar-refractivity contribution in [1.82, 2.24) is 5.43 Å². The number of hydrazine groups is 1. The maximum absolute atomic E-state index is 5.54. The Hall–Kier alpha value is -0.0300. The molecule has 0 fully saturated rings. The molecule has 1 aromatic heterocycles. The molecule has 3 N–H and O–H groups in total. The number of rotatable bonds is 5. The Balaban J connectivity index is 2.54. The minimum atomic E-state index is 0.293. The normalized spacial score (nSPS) is 13.5. The topological polar surface area (TPSA) is 38.0 Å². The van der Waals surface area contributed by atoms with Gasteiger partial charge in [0.2, 0.25) is 0 Å². The Morgan fingerprint density at radius 2 is 2.21 bits per heavy atom. The third kappa shape index (κ3) is 3.61. The second-order valence-electron chi connectivity index (χ2n) is 3.55. The second-order valence-corrected chi connectivity index (χ2v) is 6.48. The van der Waals surface area contributed by atoms with Gasteiger partial charge in [0, 0.05) is 15.5 Å². The number of nitrogens with two attached hydrogens (primary N) is 1. The molecule has 0 amide bonds. The van der Waals surface area contributed by atoms with Gasteiger partial charge in [0.25, 0.3) is 0 Å². The van der Waals surface area contributed by atoms with Crippen LogP contribution in [0.1, 0.15) is 29.6 Å². The second kappa shape index (κ2) is 5.75. The number of thiophene rings is 1. The van der Waals surface area contributed by atoms with Gasteiger partial charge in [-0.05, 0) is 24.3 Å². The molecular weight excluding hydrogens is 212 g/mol. The summed E-state index contributed by atoms with van der Waals surface area (Å²) in [7, 11) is 0. The van der Waals surface area contributed by atoms with E-state index in [2.05, 4.69) is 38.3 Å². The summed E-state index contributed by atoms with van der Waals surface area (Å²) >= 11 is 3.75. The Bertz CT molecular complexity index is 271. The van der Waals surface area contributed by atoms with Crippen LogP contribution in [0.2, 0.25) is 0 Å². The van der Waals surface area contributed by atoms with Crippen LogP contribution < -0.4 is 11.3 Å². The van der Waals surface area contributed by atoms with Gasteiger partial charge in [0.1, 0.15) is 0 Å². The van der Waals surface area contributed by atoms with Crippen molar-refractivity contribution in [1.29, 1.82) is 0 Å². The molecule has 0 spiro atoms. The first-order valence-electron chi connectivity index (χ1n) is 4.77. The van der Waals surface area contributed by atoms with Crippen LogP contribution >= 0.6 is 23.1 Å². The Morgan fingerprint density at radius 3 is 2.64 bits per heavy atom. The highest BCUT2D eigenvalue weighted by molar-refractivity contribution is 7.99. The van der Waals surface area contributed by atoms with Gasteiger partial charge in [-0.25, -0.2) is 0 Å². The average Bonchev–Trinajstić information content (AvgIpc) is 2.53. The summed E-state index contributed by atoms with van der Waals surface area (Å²) < 4.78 is 0. The van der Waals surface area contributed by atoms with Gasteiger partial charge in [-0.2, -0.15) is 11.8 Å². The van der Waals surface area contributed by atoms with E-state index in [4.69, 9.17) is 5.84 Å². The Labute approximate surface area is 94.2 Å².